The van der Waals surface area contributed by atoms with E-state index in [1.54, 1.807) is 18.3 Å². The summed E-state index contributed by atoms with van der Waals surface area (Å²) in [6, 6.07) is 0.170. The van der Waals surface area contributed by atoms with Crippen molar-refractivity contribution in [3.8, 4) is 0 Å². The van der Waals surface area contributed by atoms with Crippen LogP contribution in [0.15, 0.2) is 11.6 Å². The van der Waals surface area contributed by atoms with Crippen LogP contribution in [-0.4, -0.2) is 46.2 Å². The van der Waals surface area contributed by atoms with Gasteiger partial charge in [0.1, 0.15) is 5.01 Å². The molecule has 3 rings (SSSR count). The van der Waals surface area contributed by atoms with Crippen molar-refractivity contribution in [3.05, 3.63) is 16.6 Å². The first-order chi connectivity index (χ1) is 10.2. The van der Waals surface area contributed by atoms with Gasteiger partial charge < -0.3 is 9.80 Å². The Hall–Kier alpha value is -1.43. The minimum absolute atomic E-state index is 0.0705. The van der Waals surface area contributed by atoms with Crippen molar-refractivity contribution in [3.63, 3.8) is 0 Å². The largest absolute Gasteiger partial charge is 0.343 e. The lowest BCUT2D eigenvalue weighted by molar-refractivity contribution is -0.140. The molecule has 2 amide bonds. The molecule has 3 heterocycles. The van der Waals surface area contributed by atoms with Crippen LogP contribution in [0.5, 0.6) is 0 Å². The topological polar surface area (TPSA) is 53.5 Å². The average Bonchev–Trinajstić information content (AvgIpc) is 3.17. The Labute approximate surface area is 129 Å². The number of thiazole rings is 1. The number of aromatic nitrogens is 1. The van der Waals surface area contributed by atoms with Crippen LogP contribution in [0, 0.1) is 5.92 Å². The van der Waals surface area contributed by atoms with Crippen LogP contribution in [0.3, 0.4) is 0 Å². The summed E-state index contributed by atoms with van der Waals surface area (Å²) in [7, 11) is 0. The minimum atomic E-state index is 0.0705. The number of rotatable bonds is 2. The molecule has 5 nitrogen and oxygen atoms in total. The van der Waals surface area contributed by atoms with E-state index in [0.717, 1.165) is 37.2 Å². The zero-order valence-electron chi connectivity index (χ0n) is 12.3. The first-order valence-electron chi connectivity index (χ1n) is 7.62. The van der Waals surface area contributed by atoms with Gasteiger partial charge in [-0.3, -0.25) is 9.59 Å². The van der Waals surface area contributed by atoms with Crippen molar-refractivity contribution >= 4 is 23.2 Å². The number of carbonyl (C=O) groups excluding carboxylic acids is 2. The smallest absolute Gasteiger partial charge is 0.226 e. The molecule has 114 valence electrons. The molecule has 21 heavy (non-hydrogen) atoms. The molecule has 0 saturated carbocycles. The molecule has 2 fully saturated rings. The molecular weight excluding hydrogens is 286 g/mol. The number of hydrogen-bond donors (Lipinski definition) is 0. The SMILES string of the molecule is CC(=O)N1CCC(C(=O)N2CCCC2c2nccs2)CC1. The van der Waals surface area contributed by atoms with Gasteiger partial charge in [0.25, 0.3) is 0 Å². The van der Waals surface area contributed by atoms with E-state index in [-0.39, 0.29) is 23.8 Å². The summed E-state index contributed by atoms with van der Waals surface area (Å²) in [5, 5.41) is 3.03. The van der Waals surface area contributed by atoms with Gasteiger partial charge in [-0.05, 0) is 25.7 Å². The van der Waals surface area contributed by atoms with E-state index in [4.69, 9.17) is 0 Å². The van der Waals surface area contributed by atoms with Crippen molar-refractivity contribution in [2.24, 2.45) is 5.92 Å². The van der Waals surface area contributed by atoms with Gasteiger partial charge in [-0.25, -0.2) is 4.98 Å². The van der Waals surface area contributed by atoms with Crippen molar-refractivity contribution in [2.45, 2.75) is 38.6 Å². The molecule has 1 aromatic rings. The standard InChI is InChI=1S/C15H21N3O2S/c1-11(19)17-8-4-12(5-9-17)15(20)18-7-2-3-13(18)14-16-6-10-21-14/h6,10,12-13H,2-5,7-9H2,1H3. The van der Waals surface area contributed by atoms with E-state index in [1.165, 1.54) is 0 Å². The maximum atomic E-state index is 12.8. The second kappa shape index (κ2) is 6.13. The van der Waals surface area contributed by atoms with Crippen LogP contribution in [0.2, 0.25) is 0 Å². The second-order valence-corrected chi connectivity index (χ2v) is 6.77. The Kier molecular flexibility index (Phi) is 4.24. The lowest BCUT2D eigenvalue weighted by Crippen LogP contribution is -2.43. The van der Waals surface area contributed by atoms with Crippen LogP contribution in [0.1, 0.15) is 43.7 Å². The van der Waals surface area contributed by atoms with Gasteiger partial charge >= 0.3 is 0 Å². The van der Waals surface area contributed by atoms with Crippen molar-refractivity contribution < 1.29 is 9.59 Å². The quantitative estimate of drug-likeness (QED) is 0.840. The highest BCUT2D eigenvalue weighted by atomic mass is 32.1. The maximum absolute atomic E-state index is 12.8. The van der Waals surface area contributed by atoms with Gasteiger partial charge in [-0.1, -0.05) is 0 Å². The molecule has 6 heteroatoms. The average molecular weight is 307 g/mol. The van der Waals surface area contributed by atoms with Crippen LogP contribution in [-0.2, 0) is 9.59 Å². The molecule has 1 atom stereocenters. The van der Waals surface area contributed by atoms with E-state index < -0.39 is 0 Å². The first-order valence-corrected chi connectivity index (χ1v) is 8.50. The monoisotopic (exact) mass is 307 g/mol. The molecule has 0 aliphatic carbocycles. The lowest BCUT2D eigenvalue weighted by atomic mass is 9.95. The Morgan fingerprint density at radius 2 is 2.00 bits per heavy atom. The fourth-order valence-corrected chi connectivity index (χ4v) is 4.15. The van der Waals surface area contributed by atoms with E-state index in [2.05, 4.69) is 4.98 Å². The summed E-state index contributed by atoms with van der Waals surface area (Å²) >= 11 is 1.63. The van der Waals surface area contributed by atoms with Gasteiger partial charge in [-0.15, -0.1) is 11.3 Å². The predicted molar refractivity (Wildman–Crippen MR) is 80.8 cm³/mol. The van der Waals surface area contributed by atoms with Crippen LogP contribution in [0.25, 0.3) is 0 Å². The van der Waals surface area contributed by atoms with E-state index in [1.807, 2.05) is 21.4 Å². The fourth-order valence-electron chi connectivity index (χ4n) is 3.36. The third-order valence-corrected chi connectivity index (χ3v) is 5.44. The second-order valence-electron chi connectivity index (χ2n) is 5.84. The van der Waals surface area contributed by atoms with Gasteiger partial charge in [-0.2, -0.15) is 0 Å². The highest BCUT2D eigenvalue weighted by molar-refractivity contribution is 7.09. The van der Waals surface area contributed by atoms with Gasteiger partial charge in [0.2, 0.25) is 11.8 Å². The Bertz CT molecular complexity index is 509. The lowest BCUT2D eigenvalue weighted by Gasteiger charge is -2.34. The Balaban J connectivity index is 1.64. The Morgan fingerprint density at radius 1 is 1.24 bits per heavy atom. The molecule has 1 aromatic heterocycles. The summed E-state index contributed by atoms with van der Waals surface area (Å²) in [6.07, 6.45) is 5.47. The number of amides is 2. The first kappa shape index (κ1) is 14.5. The molecule has 0 aromatic carbocycles. The number of piperidine rings is 1. The third kappa shape index (κ3) is 2.95. The maximum Gasteiger partial charge on any atom is 0.226 e. The minimum Gasteiger partial charge on any atom is -0.343 e. The number of hydrogen-bond acceptors (Lipinski definition) is 4. The third-order valence-electron chi connectivity index (χ3n) is 4.56. The van der Waals surface area contributed by atoms with Gasteiger partial charge in [0.15, 0.2) is 0 Å². The molecule has 1 unspecified atom stereocenters. The molecule has 2 saturated heterocycles. The molecule has 0 radical (unpaired) electrons. The molecule has 2 aliphatic rings. The van der Waals surface area contributed by atoms with E-state index in [0.29, 0.717) is 13.1 Å². The van der Waals surface area contributed by atoms with Gasteiger partial charge in [0.05, 0.1) is 6.04 Å². The molecule has 0 bridgehead atoms. The van der Waals surface area contributed by atoms with E-state index in [9.17, 15) is 9.59 Å². The summed E-state index contributed by atoms with van der Waals surface area (Å²) < 4.78 is 0. The summed E-state index contributed by atoms with van der Waals surface area (Å²) in [5.74, 6) is 0.444. The number of nitrogens with zero attached hydrogens (tertiary/aromatic N) is 3. The zero-order chi connectivity index (χ0) is 14.8. The predicted octanol–water partition coefficient (Wildman–Crippen LogP) is 2.07. The molecule has 2 aliphatic heterocycles. The molecule has 0 spiro atoms. The zero-order valence-corrected chi connectivity index (χ0v) is 13.1. The van der Waals surface area contributed by atoms with Crippen molar-refractivity contribution in [2.75, 3.05) is 19.6 Å². The molecule has 0 N–H and O–H groups in total. The molecular formula is C15H21N3O2S. The normalized spacial score (nSPS) is 23.6. The van der Waals surface area contributed by atoms with Crippen LogP contribution < -0.4 is 0 Å². The highest BCUT2D eigenvalue weighted by Gasteiger charge is 2.36. The number of likely N-dealkylation sites (tertiary alicyclic amines) is 2. The Morgan fingerprint density at radius 3 is 2.62 bits per heavy atom. The summed E-state index contributed by atoms with van der Waals surface area (Å²) in [6.45, 7) is 3.86. The van der Waals surface area contributed by atoms with Crippen molar-refractivity contribution in [1.29, 1.82) is 0 Å². The van der Waals surface area contributed by atoms with Crippen LogP contribution >= 0.6 is 11.3 Å². The fraction of sp³-hybridized carbons (Fsp3) is 0.667. The van der Waals surface area contributed by atoms with E-state index >= 15 is 0 Å². The summed E-state index contributed by atoms with van der Waals surface area (Å²) in [4.78, 5) is 32.4. The van der Waals surface area contributed by atoms with Crippen molar-refractivity contribution in [1.82, 2.24) is 14.8 Å². The summed E-state index contributed by atoms with van der Waals surface area (Å²) in [5.41, 5.74) is 0. The van der Waals surface area contributed by atoms with Crippen LogP contribution in [0.4, 0.5) is 0 Å². The van der Waals surface area contributed by atoms with Gasteiger partial charge in [0, 0.05) is 44.1 Å². The highest BCUT2D eigenvalue weighted by Crippen LogP contribution is 2.35. The number of carbonyl (C=O) groups is 2.